The molecule has 0 radical (unpaired) electrons. The molecule has 17 heavy (non-hydrogen) atoms. The van der Waals surface area contributed by atoms with Crippen molar-refractivity contribution in [3.8, 4) is 5.75 Å². The monoisotopic (exact) mass is 258 g/mol. The van der Waals surface area contributed by atoms with Gasteiger partial charge < -0.3 is 14.5 Å². The van der Waals surface area contributed by atoms with Crippen molar-refractivity contribution in [3.63, 3.8) is 0 Å². The van der Waals surface area contributed by atoms with E-state index in [1.54, 1.807) is 0 Å². The zero-order chi connectivity index (χ0) is 13.1. The number of carbonyl (C=O) groups excluding carboxylic acids is 1. The van der Waals surface area contributed by atoms with Crippen molar-refractivity contribution in [2.45, 2.75) is 13.8 Å². The van der Waals surface area contributed by atoms with Crippen molar-refractivity contribution in [1.82, 2.24) is 0 Å². The summed E-state index contributed by atoms with van der Waals surface area (Å²) in [5.41, 5.74) is -1.19. The molecular formula is C11H15O5P. The van der Waals surface area contributed by atoms with E-state index in [0.717, 1.165) is 0 Å². The summed E-state index contributed by atoms with van der Waals surface area (Å²) >= 11 is 0. The van der Waals surface area contributed by atoms with Gasteiger partial charge in [0, 0.05) is 5.56 Å². The van der Waals surface area contributed by atoms with Gasteiger partial charge in [-0.15, -0.1) is 0 Å². The van der Waals surface area contributed by atoms with E-state index in [1.807, 2.05) is 13.8 Å². The lowest BCUT2D eigenvalue weighted by Gasteiger charge is -2.09. The zero-order valence-electron chi connectivity index (χ0n) is 9.66. The highest BCUT2D eigenvalue weighted by molar-refractivity contribution is 7.70. The summed E-state index contributed by atoms with van der Waals surface area (Å²) in [6.45, 7) is 4.56. The second kappa shape index (κ2) is 5.45. The molecule has 0 aliphatic heterocycles. The molecule has 0 fully saturated rings. The predicted octanol–water partition coefficient (Wildman–Crippen LogP) is 2.04. The number of hydrogen-bond donors (Lipinski definition) is 2. The molecule has 1 rings (SSSR count). The summed E-state index contributed by atoms with van der Waals surface area (Å²) in [4.78, 5) is 28.7. The smallest absolute Gasteiger partial charge is 0.396 e. The molecule has 0 unspecified atom stereocenters. The van der Waals surface area contributed by atoms with Crippen LogP contribution in [-0.2, 0) is 4.57 Å². The maximum Gasteiger partial charge on any atom is 0.396 e. The van der Waals surface area contributed by atoms with Crippen molar-refractivity contribution >= 4 is 13.1 Å². The SMILES string of the molecule is CC(C)COc1ccc(C(=O)P(=O)(O)O)cc1. The fourth-order valence-electron chi connectivity index (χ4n) is 1.12. The second-order valence-corrected chi connectivity index (χ2v) is 5.57. The van der Waals surface area contributed by atoms with Gasteiger partial charge in [0.1, 0.15) is 5.75 Å². The van der Waals surface area contributed by atoms with Gasteiger partial charge in [-0.05, 0) is 30.2 Å². The number of ether oxygens (including phenoxy) is 1. The van der Waals surface area contributed by atoms with Gasteiger partial charge in [-0.1, -0.05) is 13.8 Å². The van der Waals surface area contributed by atoms with Gasteiger partial charge in [-0.3, -0.25) is 9.36 Å². The Balaban J connectivity index is 2.75. The minimum Gasteiger partial charge on any atom is -0.493 e. The Kier molecular flexibility index (Phi) is 4.46. The molecule has 1 aromatic rings. The highest BCUT2D eigenvalue weighted by Gasteiger charge is 2.26. The van der Waals surface area contributed by atoms with Gasteiger partial charge in [0.25, 0.3) is 5.52 Å². The minimum atomic E-state index is -4.70. The second-order valence-electron chi connectivity index (χ2n) is 4.08. The maximum atomic E-state index is 11.2. The van der Waals surface area contributed by atoms with E-state index in [2.05, 4.69) is 0 Å². The number of benzene rings is 1. The Morgan fingerprint density at radius 1 is 1.29 bits per heavy atom. The first-order valence-corrected chi connectivity index (χ1v) is 6.75. The number of rotatable bonds is 5. The fraction of sp³-hybridized carbons (Fsp3) is 0.364. The predicted molar refractivity (Wildman–Crippen MR) is 63.1 cm³/mol. The van der Waals surface area contributed by atoms with E-state index in [0.29, 0.717) is 18.3 Å². The standard InChI is InChI=1S/C11H15O5P/c1-8(2)7-16-10-5-3-9(4-6-10)11(12)17(13,14)15/h3-6,8H,7H2,1-2H3,(H2,13,14,15). The zero-order valence-corrected chi connectivity index (χ0v) is 10.6. The first kappa shape index (κ1) is 13.9. The molecule has 6 heteroatoms. The van der Waals surface area contributed by atoms with Crippen LogP contribution in [0.2, 0.25) is 0 Å². The van der Waals surface area contributed by atoms with Crippen LogP contribution in [0, 0.1) is 5.92 Å². The van der Waals surface area contributed by atoms with Crippen molar-refractivity contribution < 1.29 is 23.9 Å². The summed E-state index contributed by atoms with van der Waals surface area (Å²) in [5, 5.41) is 0. The Hall–Kier alpha value is -1.16. The normalized spacial score (nSPS) is 11.6. The maximum absolute atomic E-state index is 11.2. The van der Waals surface area contributed by atoms with E-state index in [1.165, 1.54) is 24.3 Å². The third-order valence-electron chi connectivity index (χ3n) is 1.95. The van der Waals surface area contributed by atoms with E-state index in [4.69, 9.17) is 14.5 Å². The number of carbonyl (C=O) groups is 1. The Labute approximate surface area is 99.6 Å². The number of hydrogen-bond acceptors (Lipinski definition) is 3. The summed E-state index contributed by atoms with van der Waals surface area (Å²) in [7, 11) is -4.70. The minimum absolute atomic E-state index is 0.0183. The summed E-state index contributed by atoms with van der Waals surface area (Å²) < 4.78 is 16.1. The van der Waals surface area contributed by atoms with Crippen LogP contribution in [0.15, 0.2) is 24.3 Å². The molecule has 2 N–H and O–H groups in total. The lowest BCUT2D eigenvalue weighted by atomic mass is 10.2. The van der Waals surface area contributed by atoms with Crippen LogP contribution < -0.4 is 4.74 Å². The first-order valence-electron chi connectivity index (χ1n) is 5.14. The molecule has 0 heterocycles. The first-order chi connectivity index (χ1) is 7.80. The van der Waals surface area contributed by atoms with Crippen LogP contribution >= 0.6 is 7.60 Å². The van der Waals surface area contributed by atoms with Gasteiger partial charge in [0.15, 0.2) is 0 Å². The molecule has 94 valence electrons. The summed E-state index contributed by atoms with van der Waals surface area (Å²) in [5.74, 6) is 0.951. The van der Waals surface area contributed by atoms with Crippen LogP contribution in [0.4, 0.5) is 0 Å². The summed E-state index contributed by atoms with van der Waals surface area (Å²) in [6, 6.07) is 5.73. The molecule has 5 nitrogen and oxygen atoms in total. The van der Waals surface area contributed by atoms with Crippen LogP contribution in [-0.4, -0.2) is 21.9 Å². The molecule has 0 atom stereocenters. The molecule has 1 aromatic carbocycles. The molecule has 0 bridgehead atoms. The third kappa shape index (κ3) is 4.30. The molecule has 0 aromatic heterocycles. The highest BCUT2D eigenvalue weighted by Crippen LogP contribution is 2.39. The van der Waals surface area contributed by atoms with E-state index >= 15 is 0 Å². The highest BCUT2D eigenvalue weighted by atomic mass is 31.2. The van der Waals surface area contributed by atoms with Crippen molar-refractivity contribution in [1.29, 1.82) is 0 Å². The average molecular weight is 258 g/mol. The lowest BCUT2D eigenvalue weighted by molar-refractivity contribution is 0.104. The summed E-state index contributed by atoms with van der Waals surface area (Å²) in [6.07, 6.45) is 0. The van der Waals surface area contributed by atoms with Gasteiger partial charge in [0.05, 0.1) is 6.61 Å². The Bertz CT molecular complexity index is 432. The molecule has 0 saturated heterocycles. The van der Waals surface area contributed by atoms with Gasteiger partial charge in [0.2, 0.25) is 0 Å². The Morgan fingerprint density at radius 3 is 2.24 bits per heavy atom. The Morgan fingerprint density at radius 2 is 1.82 bits per heavy atom. The lowest BCUT2D eigenvalue weighted by Crippen LogP contribution is -2.05. The largest absolute Gasteiger partial charge is 0.493 e. The molecule has 0 saturated carbocycles. The van der Waals surface area contributed by atoms with Crippen molar-refractivity contribution in [3.05, 3.63) is 29.8 Å². The van der Waals surface area contributed by atoms with Crippen LogP contribution in [0.1, 0.15) is 24.2 Å². The molecule has 0 aliphatic rings. The fourth-order valence-corrected chi connectivity index (χ4v) is 1.61. The van der Waals surface area contributed by atoms with E-state index < -0.39 is 13.1 Å². The molecule has 0 spiro atoms. The average Bonchev–Trinajstić information content (AvgIpc) is 2.25. The van der Waals surface area contributed by atoms with Crippen molar-refractivity contribution in [2.75, 3.05) is 6.61 Å². The van der Waals surface area contributed by atoms with Gasteiger partial charge in [-0.2, -0.15) is 0 Å². The quantitative estimate of drug-likeness (QED) is 0.789. The topological polar surface area (TPSA) is 83.8 Å². The van der Waals surface area contributed by atoms with Gasteiger partial charge in [-0.25, -0.2) is 0 Å². The molecular weight excluding hydrogens is 243 g/mol. The van der Waals surface area contributed by atoms with Crippen LogP contribution in [0.3, 0.4) is 0 Å². The molecule has 0 amide bonds. The van der Waals surface area contributed by atoms with Crippen LogP contribution in [0.25, 0.3) is 0 Å². The van der Waals surface area contributed by atoms with Gasteiger partial charge >= 0.3 is 7.60 Å². The third-order valence-corrected chi connectivity index (χ3v) is 2.74. The molecule has 0 aliphatic carbocycles. The van der Waals surface area contributed by atoms with Crippen LogP contribution in [0.5, 0.6) is 5.75 Å². The van der Waals surface area contributed by atoms with E-state index in [-0.39, 0.29) is 5.56 Å². The van der Waals surface area contributed by atoms with Crippen molar-refractivity contribution in [2.24, 2.45) is 5.92 Å². The van der Waals surface area contributed by atoms with E-state index in [9.17, 15) is 9.36 Å².